The van der Waals surface area contributed by atoms with E-state index >= 15 is 0 Å². The van der Waals surface area contributed by atoms with Gasteiger partial charge in [0.2, 0.25) is 0 Å². The molecule has 1 aromatic rings. The molecule has 2 rings (SSSR count). The maximum Gasteiger partial charge on any atom is 0.140 e. The molecule has 0 saturated heterocycles. The lowest BCUT2D eigenvalue weighted by atomic mass is 9.82. The second kappa shape index (κ2) is 4.82. The predicted octanol–water partition coefficient (Wildman–Crippen LogP) is 4.04. The lowest BCUT2D eigenvalue weighted by molar-refractivity contribution is -0.121. The van der Waals surface area contributed by atoms with Gasteiger partial charge < -0.3 is 0 Å². The van der Waals surface area contributed by atoms with Crippen LogP contribution in [0.3, 0.4) is 0 Å². The van der Waals surface area contributed by atoms with Crippen molar-refractivity contribution in [2.75, 3.05) is 0 Å². The van der Waals surface area contributed by atoms with Gasteiger partial charge >= 0.3 is 0 Å². The van der Waals surface area contributed by atoms with E-state index in [1.165, 1.54) is 17.5 Å². The molecule has 0 N–H and O–H groups in total. The Bertz CT molecular complexity index is 362. The van der Waals surface area contributed by atoms with E-state index in [9.17, 15) is 4.79 Å². The van der Waals surface area contributed by atoms with Crippen LogP contribution in [0.2, 0.25) is 0 Å². The molecule has 0 radical (unpaired) electrons. The van der Waals surface area contributed by atoms with Crippen LogP contribution in [-0.2, 0) is 4.79 Å². The van der Waals surface area contributed by atoms with Crippen LogP contribution in [0.1, 0.15) is 62.5 Å². The minimum absolute atomic E-state index is 0.176. The van der Waals surface area contributed by atoms with Crippen molar-refractivity contribution in [2.24, 2.45) is 0 Å². The van der Waals surface area contributed by atoms with Crippen LogP contribution in [0.5, 0.6) is 0 Å². The predicted molar refractivity (Wildman–Crippen MR) is 66.7 cm³/mol. The molecular weight excluding hydrogens is 196 g/mol. The summed E-state index contributed by atoms with van der Waals surface area (Å²) >= 11 is 0. The molecule has 1 aromatic carbocycles. The largest absolute Gasteiger partial charge is 0.299 e. The summed E-state index contributed by atoms with van der Waals surface area (Å²) in [6.45, 7) is 4.39. The van der Waals surface area contributed by atoms with Crippen LogP contribution >= 0.6 is 0 Å². The van der Waals surface area contributed by atoms with Crippen molar-refractivity contribution in [1.29, 1.82) is 0 Å². The molecule has 1 aliphatic carbocycles. The van der Waals surface area contributed by atoms with Gasteiger partial charge in [-0.25, -0.2) is 0 Å². The monoisotopic (exact) mass is 216 g/mol. The van der Waals surface area contributed by atoms with Gasteiger partial charge in [-0.2, -0.15) is 0 Å². The molecule has 1 fully saturated rings. The zero-order valence-electron chi connectivity index (χ0n) is 10.2. The normalized spacial score (nSPS) is 21.4. The fourth-order valence-electron chi connectivity index (χ4n) is 2.45. The van der Waals surface area contributed by atoms with Gasteiger partial charge in [0, 0.05) is 12.3 Å². The molecular formula is C15H20O. The lowest BCUT2D eigenvalue weighted by Crippen LogP contribution is -2.16. The lowest BCUT2D eigenvalue weighted by Gasteiger charge is -2.21. The van der Waals surface area contributed by atoms with Crippen LogP contribution in [0.15, 0.2) is 24.3 Å². The average molecular weight is 216 g/mol. The molecule has 0 spiro atoms. The summed E-state index contributed by atoms with van der Waals surface area (Å²) in [6.07, 6.45) is 4.10. The Kier molecular flexibility index (Phi) is 3.42. The van der Waals surface area contributed by atoms with Crippen molar-refractivity contribution in [1.82, 2.24) is 0 Å². The third-order valence-corrected chi connectivity index (χ3v) is 3.56. The van der Waals surface area contributed by atoms with Gasteiger partial charge in [0.05, 0.1) is 0 Å². The second-order valence-electron chi connectivity index (χ2n) is 5.09. The van der Waals surface area contributed by atoms with Gasteiger partial charge in [-0.3, -0.25) is 4.79 Å². The first-order valence-electron chi connectivity index (χ1n) is 6.31. The van der Waals surface area contributed by atoms with E-state index in [4.69, 9.17) is 0 Å². The van der Waals surface area contributed by atoms with Crippen LogP contribution in [0, 0.1) is 0 Å². The first kappa shape index (κ1) is 11.4. The maximum atomic E-state index is 11.8. The molecule has 0 heterocycles. The number of benzene rings is 1. The van der Waals surface area contributed by atoms with E-state index in [1.807, 2.05) is 0 Å². The highest BCUT2D eigenvalue weighted by Crippen LogP contribution is 2.30. The van der Waals surface area contributed by atoms with Crippen LogP contribution in [0.4, 0.5) is 0 Å². The van der Waals surface area contributed by atoms with Crippen molar-refractivity contribution < 1.29 is 4.79 Å². The second-order valence-corrected chi connectivity index (χ2v) is 5.09. The SMILES string of the molecule is CC(C)c1ccc([C@@H]2CCCCC2=O)cc1. The van der Waals surface area contributed by atoms with Crippen LogP contribution < -0.4 is 0 Å². The van der Waals surface area contributed by atoms with Gasteiger partial charge in [0.15, 0.2) is 0 Å². The molecule has 86 valence electrons. The van der Waals surface area contributed by atoms with Gasteiger partial charge in [-0.05, 0) is 29.9 Å². The molecule has 0 bridgehead atoms. The summed E-state index contributed by atoms with van der Waals surface area (Å²) in [6, 6.07) is 8.62. The van der Waals surface area contributed by atoms with Gasteiger partial charge in [-0.1, -0.05) is 44.5 Å². The summed E-state index contributed by atoms with van der Waals surface area (Å²) < 4.78 is 0. The molecule has 1 saturated carbocycles. The summed E-state index contributed by atoms with van der Waals surface area (Å²) in [4.78, 5) is 11.8. The Morgan fingerprint density at radius 1 is 1.12 bits per heavy atom. The number of carbonyl (C=O) groups is 1. The highest BCUT2D eigenvalue weighted by molar-refractivity contribution is 5.86. The Balaban J connectivity index is 2.17. The summed E-state index contributed by atoms with van der Waals surface area (Å²) in [5, 5.41) is 0. The number of hydrogen-bond donors (Lipinski definition) is 0. The highest BCUT2D eigenvalue weighted by atomic mass is 16.1. The van der Waals surface area contributed by atoms with Gasteiger partial charge in [0.25, 0.3) is 0 Å². The molecule has 1 heteroatoms. The molecule has 0 unspecified atom stereocenters. The molecule has 16 heavy (non-hydrogen) atoms. The Hall–Kier alpha value is -1.11. The van der Waals surface area contributed by atoms with E-state index in [1.54, 1.807) is 0 Å². The fourth-order valence-corrected chi connectivity index (χ4v) is 2.45. The number of hydrogen-bond acceptors (Lipinski definition) is 1. The first-order valence-corrected chi connectivity index (χ1v) is 6.31. The molecule has 0 aromatic heterocycles. The fraction of sp³-hybridized carbons (Fsp3) is 0.533. The van der Waals surface area contributed by atoms with E-state index in [2.05, 4.69) is 38.1 Å². The van der Waals surface area contributed by atoms with E-state index < -0.39 is 0 Å². The zero-order valence-corrected chi connectivity index (χ0v) is 10.2. The maximum absolute atomic E-state index is 11.8. The van der Waals surface area contributed by atoms with Crippen molar-refractivity contribution >= 4 is 5.78 Å². The van der Waals surface area contributed by atoms with Crippen molar-refractivity contribution in [3.05, 3.63) is 35.4 Å². The summed E-state index contributed by atoms with van der Waals surface area (Å²) in [5.74, 6) is 1.18. The Labute approximate surface area is 97.9 Å². The van der Waals surface area contributed by atoms with E-state index in [-0.39, 0.29) is 5.92 Å². The number of rotatable bonds is 2. The number of ketones is 1. The first-order chi connectivity index (χ1) is 7.68. The summed E-state index contributed by atoms with van der Waals surface area (Å²) in [7, 11) is 0. The molecule has 1 nitrogen and oxygen atoms in total. The third-order valence-electron chi connectivity index (χ3n) is 3.56. The molecule has 1 aliphatic rings. The molecule has 0 aliphatic heterocycles. The van der Waals surface area contributed by atoms with Gasteiger partial charge in [-0.15, -0.1) is 0 Å². The Morgan fingerprint density at radius 3 is 2.38 bits per heavy atom. The van der Waals surface area contributed by atoms with Crippen molar-refractivity contribution in [3.63, 3.8) is 0 Å². The van der Waals surface area contributed by atoms with Crippen LogP contribution in [0.25, 0.3) is 0 Å². The third kappa shape index (κ3) is 2.34. The number of carbonyl (C=O) groups excluding carboxylic acids is 1. The highest BCUT2D eigenvalue weighted by Gasteiger charge is 2.23. The van der Waals surface area contributed by atoms with Crippen molar-refractivity contribution in [3.8, 4) is 0 Å². The molecule has 1 atom stereocenters. The van der Waals surface area contributed by atoms with E-state index in [0.29, 0.717) is 11.7 Å². The average Bonchev–Trinajstić information content (AvgIpc) is 2.30. The smallest absolute Gasteiger partial charge is 0.140 e. The quantitative estimate of drug-likeness (QED) is 0.729. The summed E-state index contributed by atoms with van der Waals surface area (Å²) in [5.41, 5.74) is 2.57. The topological polar surface area (TPSA) is 17.1 Å². The van der Waals surface area contributed by atoms with Gasteiger partial charge in [0.1, 0.15) is 5.78 Å². The van der Waals surface area contributed by atoms with Crippen LogP contribution in [-0.4, -0.2) is 5.78 Å². The van der Waals surface area contributed by atoms with Crippen molar-refractivity contribution in [2.45, 2.75) is 51.4 Å². The standard InChI is InChI=1S/C15H20O/c1-11(2)12-7-9-13(10-8-12)14-5-3-4-6-15(14)16/h7-11,14H,3-6H2,1-2H3/t14-/m0/s1. The zero-order chi connectivity index (χ0) is 11.5. The number of Topliss-reactive ketones (excluding diaryl/α,β-unsaturated/α-hetero) is 1. The Morgan fingerprint density at radius 2 is 1.81 bits per heavy atom. The minimum Gasteiger partial charge on any atom is -0.299 e. The molecule has 0 amide bonds. The van der Waals surface area contributed by atoms with E-state index in [0.717, 1.165) is 19.3 Å². The minimum atomic E-state index is 0.176.